The van der Waals surface area contributed by atoms with Crippen molar-refractivity contribution in [3.05, 3.63) is 34.9 Å². The van der Waals surface area contributed by atoms with Crippen LogP contribution in [0.15, 0.2) is 23.2 Å². The van der Waals surface area contributed by atoms with Crippen molar-refractivity contribution >= 4 is 17.9 Å². The monoisotopic (exact) mass is 440 g/mol. The van der Waals surface area contributed by atoms with Gasteiger partial charge in [0.1, 0.15) is 0 Å². The van der Waals surface area contributed by atoms with Gasteiger partial charge in [0.05, 0.1) is 0 Å². The van der Waals surface area contributed by atoms with E-state index in [0.717, 1.165) is 51.6 Å². The van der Waals surface area contributed by atoms with Gasteiger partial charge in [-0.25, -0.2) is 9.79 Å². The predicted molar refractivity (Wildman–Crippen MR) is 125 cm³/mol. The van der Waals surface area contributed by atoms with Gasteiger partial charge in [-0.1, -0.05) is 37.6 Å². The number of guanidine groups is 1. The maximum absolute atomic E-state index is 12.7. The van der Waals surface area contributed by atoms with Crippen molar-refractivity contribution in [3.63, 3.8) is 0 Å². The van der Waals surface area contributed by atoms with Gasteiger partial charge in [0.15, 0.2) is 18.2 Å². The highest BCUT2D eigenvalue weighted by Crippen LogP contribution is 2.27. The van der Waals surface area contributed by atoms with Crippen molar-refractivity contribution in [2.45, 2.75) is 52.9 Å². The fourth-order valence-electron chi connectivity index (χ4n) is 4.73. The van der Waals surface area contributed by atoms with E-state index in [1.807, 2.05) is 0 Å². The standard InChI is InChI=1S/C24H36N6O2/c1-16(2)8-9-30-20-21(27(5)24(32)26-22(20)31)25-23(30)29-12-10-28(11-13-29)15-19-14-17(3)6-7-18(19)4/h6-7,14,16,20-21H,8-13,15H2,1-5H3,(H,26,31,32). The zero-order chi connectivity index (χ0) is 23.0. The summed E-state index contributed by atoms with van der Waals surface area (Å²) in [5, 5.41) is 2.49. The minimum atomic E-state index is -0.452. The number of likely N-dealkylation sites (N-methyl/N-ethyl adjacent to an activating group) is 1. The summed E-state index contributed by atoms with van der Waals surface area (Å²) >= 11 is 0. The Morgan fingerprint density at radius 1 is 1.12 bits per heavy atom. The molecule has 0 spiro atoms. The lowest BCUT2D eigenvalue weighted by Gasteiger charge is -2.40. The van der Waals surface area contributed by atoms with Gasteiger partial charge in [-0.15, -0.1) is 0 Å². The number of aliphatic imine (C=N–C) groups is 1. The highest BCUT2D eigenvalue weighted by Gasteiger charge is 2.49. The number of amides is 3. The lowest BCUT2D eigenvalue weighted by Crippen LogP contribution is -2.64. The second-order valence-corrected chi connectivity index (χ2v) is 9.76. The van der Waals surface area contributed by atoms with Crippen LogP contribution >= 0.6 is 0 Å². The minimum Gasteiger partial charge on any atom is -0.340 e. The molecule has 0 aromatic heterocycles. The molecule has 1 N–H and O–H groups in total. The van der Waals surface area contributed by atoms with Gasteiger partial charge >= 0.3 is 6.03 Å². The summed E-state index contributed by atoms with van der Waals surface area (Å²) in [7, 11) is 1.72. The smallest absolute Gasteiger partial charge is 0.325 e. The number of carbonyl (C=O) groups excluding carboxylic acids is 2. The molecule has 1 aromatic carbocycles. The summed E-state index contributed by atoms with van der Waals surface area (Å²) in [5.41, 5.74) is 4.02. The van der Waals surface area contributed by atoms with Crippen LogP contribution in [0.2, 0.25) is 0 Å². The van der Waals surface area contributed by atoms with Crippen LogP contribution in [0.25, 0.3) is 0 Å². The average Bonchev–Trinajstić information content (AvgIpc) is 3.14. The summed E-state index contributed by atoms with van der Waals surface area (Å²) in [6, 6.07) is 5.83. The van der Waals surface area contributed by atoms with Gasteiger partial charge in [0.2, 0.25) is 0 Å². The molecule has 8 heteroatoms. The van der Waals surface area contributed by atoms with E-state index in [-0.39, 0.29) is 11.9 Å². The molecule has 2 unspecified atom stereocenters. The number of imide groups is 1. The molecule has 3 aliphatic heterocycles. The first kappa shape index (κ1) is 22.6. The first-order chi connectivity index (χ1) is 15.2. The molecule has 32 heavy (non-hydrogen) atoms. The molecular formula is C24H36N6O2. The summed E-state index contributed by atoms with van der Waals surface area (Å²) in [6.45, 7) is 14.0. The predicted octanol–water partition coefficient (Wildman–Crippen LogP) is 2.02. The third-order valence-corrected chi connectivity index (χ3v) is 6.84. The Kier molecular flexibility index (Phi) is 6.42. The Hall–Kier alpha value is -2.61. The molecule has 0 radical (unpaired) electrons. The summed E-state index contributed by atoms with van der Waals surface area (Å²) < 4.78 is 0. The number of benzene rings is 1. The Morgan fingerprint density at radius 2 is 1.84 bits per heavy atom. The number of nitrogens with one attached hydrogen (secondary N) is 1. The molecule has 2 atom stereocenters. The van der Waals surface area contributed by atoms with Crippen LogP contribution in [0, 0.1) is 19.8 Å². The fraction of sp³-hybridized carbons (Fsp3) is 0.625. The summed E-state index contributed by atoms with van der Waals surface area (Å²) in [6.07, 6.45) is 0.520. The van der Waals surface area contributed by atoms with E-state index in [1.165, 1.54) is 16.7 Å². The summed E-state index contributed by atoms with van der Waals surface area (Å²) in [4.78, 5) is 38.3. The maximum Gasteiger partial charge on any atom is 0.325 e. The number of fused-ring (bicyclic) bond motifs is 1. The molecule has 2 saturated heterocycles. The van der Waals surface area contributed by atoms with Crippen LogP contribution in [0.3, 0.4) is 0 Å². The van der Waals surface area contributed by atoms with Crippen LogP contribution in [0.1, 0.15) is 37.0 Å². The van der Waals surface area contributed by atoms with E-state index in [4.69, 9.17) is 4.99 Å². The highest BCUT2D eigenvalue weighted by molar-refractivity contribution is 6.03. The van der Waals surface area contributed by atoms with Crippen molar-refractivity contribution in [2.24, 2.45) is 10.9 Å². The average molecular weight is 441 g/mol. The number of carbonyl (C=O) groups is 2. The third-order valence-electron chi connectivity index (χ3n) is 6.84. The molecular weight excluding hydrogens is 404 g/mol. The SMILES string of the molecule is Cc1ccc(C)c(CN2CCN(C3=NC4C(C(=O)NC(=O)N4C)N3CCC(C)C)CC2)c1. The van der Waals surface area contributed by atoms with E-state index < -0.39 is 12.2 Å². The zero-order valence-electron chi connectivity index (χ0n) is 20.0. The molecule has 2 fully saturated rings. The Morgan fingerprint density at radius 3 is 2.53 bits per heavy atom. The number of urea groups is 1. The number of hydrogen-bond donors (Lipinski definition) is 1. The topological polar surface area (TPSA) is 71.5 Å². The van der Waals surface area contributed by atoms with Crippen molar-refractivity contribution in [2.75, 3.05) is 39.8 Å². The largest absolute Gasteiger partial charge is 0.340 e. The van der Waals surface area contributed by atoms with Crippen LogP contribution in [-0.4, -0.2) is 89.5 Å². The van der Waals surface area contributed by atoms with Crippen LogP contribution in [0.4, 0.5) is 4.79 Å². The van der Waals surface area contributed by atoms with Crippen molar-refractivity contribution in [1.29, 1.82) is 0 Å². The van der Waals surface area contributed by atoms with E-state index in [9.17, 15) is 9.59 Å². The van der Waals surface area contributed by atoms with Gasteiger partial charge in [-0.3, -0.25) is 15.0 Å². The van der Waals surface area contributed by atoms with Gasteiger partial charge in [0, 0.05) is 46.3 Å². The summed E-state index contributed by atoms with van der Waals surface area (Å²) in [5.74, 6) is 1.15. The normalized spacial score (nSPS) is 24.2. The maximum atomic E-state index is 12.7. The van der Waals surface area contributed by atoms with E-state index in [2.05, 4.69) is 65.9 Å². The number of nitrogens with zero attached hydrogens (tertiary/aromatic N) is 5. The molecule has 3 amide bonds. The lowest BCUT2D eigenvalue weighted by atomic mass is 10.0. The highest BCUT2D eigenvalue weighted by atomic mass is 16.2. The quantitative estimate of drug-likeness (QED) is 0.759. The van der Waals surface area contributed by atoms with Crippen LogP contribution in [0.5, 0.6) is 0 Å². The van der Waals surface area contributed by atoms with Gasteiger partial charge in [-0.2, -0.15) is 0 Å². The molecule has 4 rings (SSSR count). The molecule has 3 aliphatic rings. The second-order valence-electron chi connectivity index (χ2n) is 9.76. The van der Waals surface area contributed by atoms with Gasteiger partial charge in [-0.05, 0) is 37.3 Å². The molecule has 1 aromatic rings. The van der Waals surface area contributed by atoms with E-state index >= 15 is 0 Å². The van der Waals surface area contributed by atoms with Crippen molar-refractivity contribution in [1.82, 2.24) is 24.9 Å². The molecule has 8 nitrogen and oxygen atoms in total. The Bertz CT molecular complexity index is 906. The molecule has 0 saturated carbocycles. The number of aryl methyl sites for hydroxylation is 2. The first-order valence-electron chi connectivity index (χ1n) is 11.7. The molecule has 174 valence electrons. The number of rotatable bonds is 5. The first-order valence-corrected chi connectivity index (χ1v) is 11.7. The minimum absolute atomic E-state index is 0.242. The number of piperazine rings is 1. The fourth-order valence-corrected chi connectivity index (χ4v) is 4.73. The third kappa shape index (κ3) is 4.46. The van der Waals surface area contributed by atoms with E-state index in [1.54, 1.807) is 11.9 Å². The molecule has 3 heterocycles. The lowest BCUT2D eigenvalue weighted by molar-refractivity contribution is -0.127. The Balaban J connectivity index is 1.47. The van der Waals surface area contributed by atoms with Crippen molar-refractivity contribution in [3.8, 4) is 0 Å². The van der Waals surface area contributed by atoms with E-state index in [0.29, 0.717) is 5.92 Å². The van der Waals surface area contributed by atoms with Crippen molar-refractivity contribution < 1.29 is 9.59 Å². The van der Waals surface area contributed by atoms with Crippen LogP contribution in [-0.2, 0) is 11.3 Å². The van der Waals surface area contributed by atoms with Crippen LogP contribution < -0.4 is 5.32 Å². The second kappa shape index (κ2) is 9.10. The molecule has 0 aliphatic carbocycles. The number of hydrogen-bond acceptors (Lipinski definition) is 6. The van der Waals surface area contributed by atoms with Gasteiger partial charge < -0.3 is 14.7 Å². The molecule has 0 bridgehead atoms. The zero-order valence-corrected chi connectivity index (χ0v) is 20.0. The Labute approximate surface area is 191 Å². The van der Waals surface area contributed by atoms with Gasteiger partial charge in [0.25, 0.3) is 5.91 Å².